The maximum atomic E-state index is 13.8. The van der Waals surface area contributed by atoms with Gasteiger partial charge in [0.05, 0.1) is 6.57 Å². The van der Waals surface area contributed by atoms with Gasteiger partial charge >= 0.3 is 0 Å². The van der Waals surface area contributed by atoms with E-state index in [0.717, 1.165) is 54.8 Å². The number of benzene rings is 5. The van der Waals surface area contributed by atoms with Crippen LogP contribution in [0.25, 0.3) is 49.0 Å². The van der Waals surface area contributed by atoms with Crippen LogP contribution in [0.5, 0.6) is 0 Å². The molecule has 0 aromatic heterocycles. The van der Waals surface area contributed by atoms with E-state index in [9.17, 15) is 4.57 Å². The van der Waals surface area contributed by atoms with E-state index in [4.69, 9.17) is 6.57 Å². The Labute approximate surface area is 193 Å². The van der Waals surface area contributed by atoms with Crippen molar-refractivity contribution in [1.29, 1.82) is 0 Å². The van der Waals surface area contributed by atoms with Crippen LogP contribution in [-0.4, -0.2) is 6.66 Å². The molecule has 5 aromatic carbocycles. The molecule has 0 N–H and O–H groups in total. The van der Waals surface area contributed by atoms with Gasteiger partial charge in [0.2, 0.25) is 0 Å². The van der Waals surface area contributed by atoms with Crippen LogP contribution < -0.4 is 10.6 Å². The predicted molar refractivity (Wildman–Crippen MR) is 139 cm³/mol. The standard InChI is InChI=1S/C30H20NOP/c1-31-21-16-14-20(15-17-21)22-18-19-25(24-9-4-3-8-23(22)24)26-11-7-13-29-30(26)27-10-5-6-12-28(27)33(29,2)32/h3-19H,2H3. The van der Waals surface area contributed by atoms with Crippen molar-refractivity contribution in [2.75, 3.05) is 6.66 Å². The van der Waals surface area contributed by atoms with Crippen molar-refractivity contribution < 1.29 is 4.57 Å². The van der Waals surface area contributed by atoms with E-state index in [1.165, 1.54) is 0 Å². The minimum Gasteiger partial charge on any atom is -0.314 e. The minimum absolute atomic E-state index is 0.641. The first-order chi connectivity index (χ1) is 16.1. The van der Waals surface area contributed by atoms with Crippen LogP contribution >= 0.6 is 7.14 Å². The Kier molecular flexibility index (Phi) is 4.37. The van der Waals surface area contributed by atoms with Crippen LogP contribution in [0.3, 0.4) is 0 Å². The molecule has 156 valence electrons. The highest BCUT2D eigenvalue weighted by atomic mass is 31.2. The summed E-state index contributed by atoms with van der Waals surface area (Å²) in [6, 6.07) is 34.8. The van der Waals surface area contributed by atoms with Crippen LogP contribution in [0.4, 0.5) is 5.69 Å². The zero-order valence-corrected chi connectivity index (χ0v) is 19.0. The van der Waals surface area contributed by atoms with Gasteiger partial charge in [-0.05, 0) is 45.3 Å². The van der Waals surface area contributed by atoms with E-state index in [0.29, 0.717) is 5.69 Å². The molecule has 0 fully saturated rings. The number of fused-ring (bicyclic) bond motifs is 4. The highest BCUT2D eigenvalue weighted by Crippen LogP contribution is 2.53. The summed E-state index contributed by atoms with van der Waals surface area (Å²) in [6.45, 7) is 9.10. The Balaban J connectivity index is 1.63. The fourth-order valence-corrected chi connectivity index (χ4v) is 7.41. The van der Waals surface area contributed by atoms with E-state index in [-0.39, 0.29) is 0 Å². The van der Waals surface area contributed by atoms with Crippen molar-refractivity contribution in [3.63, 3.8) is 0 Å². The topological polar surface area (TPSA) is 21.4 Å². The SMILES string of the molecule is [C-]#[N+]c1ccc(-c2ccc(-c3cccc4c3-c3ccccc3P4(C)=O)c3ccccc23)cc1. The van der Waals surface area contributed by atoms with Crippen LogP contribution in [0, 0.1) is 6.57 Å². The van der Waals surface area contributed by atoms with E-state index < -0.39 is 7.14 Å². The molecule has 1 aliphatic heterocycles. The highest BCUT2D eigenvalue weighted by molar-refractivity contribution is 7.79. The molecule has 1 heterocycles. The predicted octanol–water partition coefficient (Wildman–Crippen LogP) is 7.65. The van der Waals surface area contributed by atoms with Crippen LogP contribution in [0.15, 0.2) is 103 Å². The monoisotopic (exact) mass is 441 g/mol. The van der Waals surface area contributed by atoms with Crippen molar-refractivity contribution in [1.82, 2.24) is 0 Å². The maximum absolute atomic E-state index is 13.8. The van der Waals surface area contributed by atoms with Gasteiger partial charge in [-0.1, -0.05) is 103 Å². The molecule has 3 heteroatoms. The second-order valence-electron chi connectivity index (χ2n) is 8.51. The van der Waals surface area contributed by atoms with Crippen LogP contribution in [0.2, 0.25) is 0 Å². The third-order valence-corrected chi connectivity index (χ3v) is 9.26. The average molecular weight is 441 g/mol. The van der Waals surface area contributed by atoms with Crippen molar-refractivity contribution >= 4 is 34.2 Å². The van der Waals surface area contributed by atoms with E-state index >= 15 is 0 Å². The molecular formula is C30H20NOP. The van der Waals surface area contributed by atoms with Crippen molar-refractivity contribution in [3.8, 4) is 33.4 Å². The van der Waals surface area contributed by atoms with Crippen molar-refractivity contribution in [2.24, 2.45) is 0 Å². The molecule has 0 aliphatic carbocycles. The molecule has 1 atom stereocenters. The molecule has 6 rings (SSSR count). The smallest absolute Gasteiger partial charge is 0.187 e. The number of hydrogen-bond donors (Lipinski definition) is 0. The molecule has 0 spiro atoms. The van der Waals surface area contributed by atoms with Crippen LogP contribution in [0.1, 0.15) is 0 Å². The second kappa shape index (κ2) is 7.31. The molecule has 1 unspecified atom stereocenters. The highest BCUT2D eigenvalue weighted by Gasteiger charge is 2.36. The summed E-state index contributed by atoms with van der Waals surface area (Å²) in [6.07, 6.45) is 0. The Bertz CT molecular complexity index is 1660. The lowest BCUT2D eigenvalue weighted by Crippen LogP contribution is -2.08. The van der Waals surface area contributed by atoms with Gasteiger partial charge in [0.25, 0.3) is 0 Å². The van der Waals surface area contributed by atoms with Gasteiger partial charge < -0.3 is 4.57 Å². The molecule has 5 aromatic rings. The molecule has 0 radical (unpaired) electrons. The first-order valence-electron chi connectivity index (χ1n) is 10.9. The van der Waals surface area contributed by atoms with E-state index in [1.807, 2.05) is 61.3 Å². The summed E-state index contributed by atoms with van der Waals surface area (Å²) in [4.78, 5) is 3.51. The fourth-order valence-electron chi connectivity index (χ4n) is 5.09. The molecule has 2 nitrogen and oxygen atoms in total. The summed E-state index contributed by atoms with van der Waals surface area (Å²) < 4.78 is 13.8. The first-order valence-corrected chi connectivity index (χ1v) is 13.1. The van der Waals surface area contributed by atoms with Gasteiger partial charge in [0, 0.05) is 16.2 Å². The number of nitrogens with zero attached hydrogens (tertiary/aromatic N) is 1. The lowest BCUT2D eigenvalue weighted by atomic mass is 9.88. The Morgan fingerprint density at radius 2 is 1.21 bits per heavy atom. The molecule has 0 bridgehead atoms. The van der Waals surface area contributed by atoms with E-state index in [2.05, 4.69) is 53.4 Å². The van der Waals surface area contributed by atoms with Gasteiger partial charge in [-0.15, -0.1) is 0 Å². The molecule has 33 heavy (non-hydrogen) atoms. The maximum Gasteiger partial charge on any atom is 0.187 e. The van der Waals surface area contributed by atoms with Crippen molar-refractivity contribution in [3.05, 3.63) is 115 Å². The third kappa shape index (κ3) is 2.91. The molecule has 1 aliphatic rings. The number of rotatable bonds is 2. The molecule has 0 saturated heterocycles. The largest absolute Gasteiger partial charge is 0.314 e. The lowest BCUT2D eigenvalue weighted by molar-refractivity contribution is 0.591. The molecule has 0 saturated carbocycles. The second-order valence-corrected chi connectivity index (χ2v) is 11.3. The Hall–Kier alpha value is -3.92. The third-order valence-electron chi connectivity index (χ3n) is 6.66. The van der Waals surface area contributed by atoms with Crippen LogP contribution in [-0.2, 0) is 4.57 Å². The zero-order chi connectivity index (χ0) is 22.6. The zero-order valence-electron chi connectivity index (χ0n) is 18.1. The Morgan fingerprint density at radius 1 is 0.606 bits per heavy atom. The van der Waals surface area contributed by atoms with E-state index in [1.54, 1.807) is 0 Å². The summed E-state index contributed by atoms with van der Waals surface area (Å²) in [5.74, 6) is 0. The van der Waals surface area contributed by atoms with Gasteiger partial charge in [0.15, 0.2) is 5.69 Å². The molecule has 0 amide bonds. The first kappa shape index (κ1) is 19.7. The summed E-state index contributed by atoms with van der Waals surface area (Å²) in [5, 5.41) is 4.22. The summed E-state index contributed by atoms with van der Waals surface area (Å²) >= 11 is 0. The van der Waals surface area contributed by atoms with Gasteiger partial charge in [-0.25, -0.2) is 4.85 Å². The molecular weight excluding hydrogens is 421 g/mol. The van der Waals surface area contributed by atoms with Crippen molar-refractivity contribution in [2.45, 2.75) is 0 Å². The quantitative estimate of drug-likeness (QED) is 0.204. The Morgan fingerprint density at radius 3 is 1.97 bits per heavy atom. The summed E-state index contributed by atoms with van der Waals surface area (Å²) in [5.41, 5.74) is 7.30. The lowest BCUT2D eigenvalue weighted by Gasteiger charge is -2.15. The van der Waals surface area contributed by atoms with Gasteiger partial charge in [0.1, 0.15) is 7.14 Å². The van der Waals surface area contributed by atoms with Gasteiger partial charge in [-0.2, -0.15) is 0 Å². The average Bonchev–Trinajstić information content (AvgIpc) is 3.11. The minimum atomic E-state index is -2.62. The number of hydrogen-bond acceptors (Lipinski definition) is 1. The van der Waals surface area contributed by atoms with Gasteiger partial charge in [-0.3, -0.25) is 0 Å². The summed E-state index contributed by atoms with van der Waals surface area (Å²) in [7, 11) is -2.62. The normalized spacial score (nSPS) is 16.2. The fraction of sp³-hybridized carbons (Fsp3) is 0.0333.